The number of nitrogens with one attached hydrogen (secondary N) is 1. The number of ether oxygens (including phenoxy) is 1. The largest absolute Gasteiger partial charge is 0.491 e. The average Bonchev–Trinajstić information content (AvgIpc) is 2.68. The third-order valence-electron chi connectivity index (χ3n) is 4.03. The normalized spacial score (nSPS) is 11.6. The van der Waals surface area contributed by atoms with E-state index < -0.39 is 0 Å². The molecule has 26 heavy (non-hydrogen) atoms. The number of aryl methyl sites for hydroxylation is 1. The summed E-state index contributed by atoms with van der Waals surface area (Å²) in [6, 6.07) is 21.7. The first-order valence-corrected chi connectivity index (χ1v) is 8.34. The summed E-state index contributed by atoms with van der Waals surface area (Å²) in [5.41, 5.74) is 1.03. The minimum Gasteiger partial charge on any atom is -0.491 e. The Kier molecular flexibility index (Phi) is 5.49. The Hall–Kier alpha value is -3.34. The summed E-state index contributed by atoms with van der Waals surface area (Å²) in [5.74, 6) is 0.421. The molecule has 0 aliphatic heterocycles. The molecular formula is C21H20N2O3. The van der Waals surface area contributed by atoms with Crippen molar-refractivity contribution in [1.29, 1.82) is 0 Å². The lowest BCUT2D eigenvalue weighted by Crippen LogP contribution is -2.33. The number of carbonyl (C=O) groups excluding carboxylic acids is 1. The van der Waals surface area contributed by atoms with Gasteiger partial charge in [-0.2, -0.15) is 0 Å². The van der Waals surface area contributed by atoms with Gasteiger partial charge in [0.25, 0.3) is 11.5 Å². The van der Waals surface area contributed by atoms with Gasteiger partial charge in [-0.3, -0.25) is 9.59 Å². The van der Waals surface area contributed by atoms with Gasteiger partial charge in [-0.15, -0.1) is 0 Å². The molecule has 1 heterocycles. The maximum atomic E-state index is 12.6. The fraction of sp³-hybridized carbons (Fsp3) is 0.143. The minimum absolute atomic E-state index is 0.227. The predicted molar refractivity (Wildman–Crippen MR) is 100 cm³/mol. The summed E-state index contributed by atoms with van der Waals surface area (Å²) in [7, 11) is 1.64. The molecule has 0 fully saturated rings. The van der Waals surface area contributed by atoms with Crippen molar-refractivity contribution in [3.63, 3.8) is 0 Å². The number of carbonyl (C=O) groups is 1. The van der Waals surface area contributed by atoms with Gasteiger partial charge in [0, 0.05) is 24.9 Å². The molecular weight excluding hydrogens is 328 g/mol. The number of amides is 1. The summed E-state index contributed by atoms with van der Waals surface area (Å²) >= 11 is 0. The fourth-order valence-corrected chi connectivity index (χ4v) is 2.53. The van der Waals surface area contributed by atoms with Crippen molar-refractivity contribution >= 4 is 5.91 Å². The van der Waals surface area contributed by atoms with E-state index in [1.165, 1.54) is 10.6 Å². The highest BCUT2D eigenvalue weighted by Crippen LogP contribution is 2.17. The van der Waals surface area contributed by atoms with Crippen LogP contribution in [0.15, 0.2) is 83.8 Å². The molecule has 1 aromatic heterocycles. The molecule has 3 rings (SSSR count). The van der Waals surface area contributed by atoms with Crippen LogP contribution in [0, 0.1) is 0 Å². The molecule has 0 spiro atoms. The molecule has 2 aromatic carbocycles. The Labute approximate surface area is 151 Å². The first kappa shape index (κ1) is 17.5. The topological polar surface area (TPSA) is 60.3 Å². The van der Waals surface area contributed by atoms with Crippen LogP contribution >= 0.6 is 0 Å². The van der Waals surface area contributed by atoms with Crippen molar-refractivity contribution in [2.24, 2.45) is 7.05 Å². The summed E-state index contributed by atoms with van der Waals surface area (Å²) in [5, 5.41) is 2.95. The molecule has 1 amide bonds. The second-order valence-electron chi connectivity index (χ2n) is 5.93. The van der Waals surface area contributed by atoms with Gasteiger partial charge in [0.05, 0.1) is 6.04 Å². The fourth-order valence-electron chi connectivity index (χ4n) is 2.53. The molecule has 5 heteroatoms. The van der Waals surface area contributed by atoms with E-state index in [4.69, 9.17) is 4.74 Å². The van der Waals surface area contributed by atoms with Crippen LogP contribution in [0.2, 0.25) is 0 Å². The predicted octanol–water partition coefficient (Wildman–Crippen LogP) is 2.94. The molecule has 0 saturated heterocycles. The molecule has 3 aromatic rings. The number of rotatable bonds is 6. The molecule has 1 atom stereocenters. The number of aromatic nitrogens is 1. The molecule has 0 saturated carbocycles. The summed E-state index contributed by atoms with van der Waals surface area (Å²) in [6.45, 7) is 0.282. The van der Waals surface area contributed by atoms with Gasteiger partial charge in [-0.05, 0) is 23.8 Å². The van der Waals surface area contributed by atoms with Gasteiger partial charge in [-0.1, -0.05) is 48.5 Å². The van der Waals surface area contributed by atoms with E-state index in [0.29, 0.717) is 5.56 Å². The van der Waals surface area contributed by atoms with Crippen molar-refractivity contribution in [3.05, 3.63) is 100 Å². The zero-order chi connectivity index (χ0) is 18.4. The molecule has 0 radical (unpaired) electrons. The molecule has 0 aliphatic carbocycles. The van der Waals surface area contributed by atoms with Gasteiger partial charge in [-0.25, -0.2) is 0 Å². The monoisotopic (exact) mass is 348 g/mol. The molecule has 5 nitrogen and oxygen atoms in total. The Balaban J connectivity index is 1.77. The van der Waals surface area contributed by atoms with Crippen LogP contribution < -0.4 is 15.6 Å². The van der Waals surface area contributed by atoms with Crippen molar-refractivity contribution in [2.75, 3.05) is 6.61 Å². The van der Waals surface area contributed by atoms with Crippen LogP contribution in [-0.4, -0.2) is 17.1 Å². The van der Waals surface area contributed by atoms with E-state index in [2.05, 4.69) is 5.32 Å². The standard InChI is InChI=1S/C21H20N2O3/c1-23-13-12-17(14-20(23)24)21(25)22-19(16-8-4-2-5-9-16)15-26-18-10-6-3-7-11-18/h2-14,19H,15H2,1H3,(H,22,25). The van der Waals surface area contributed by atoms with Crippen molar-refractivity contribution in [3.8, 4) is 5.75 Å². The van der Waals surface area contributed by atoms with Crippen LogP contribution in [0.5, 0.6) is 5.75 Å². The third kappa shape index (κ3) is 4.39. The molecule has 0 bridgehead atoms. The van der Waals surface area contributed by atoms with Gasteiger partial charge in [0.2, 0.25) is 0 Å². The van der Waals surface area contributed by atoms with E-state index in [1.807, 2.05) is 60.7 Å². The summed E-state index contributed by atoms with van der Waals surface area (Å²) < 4.78 is 7.24. The van der Waals surface area contributed by atoms with Gasteiger partial charge < -0.3 is 14.6 Å². The lowest BCUT2D eigenvalue weighted by molar-refractivity contribution is 0.0921. The smallest absolute Gasteiger partial charge is 0.252 e. The lowest BCUT2D eigenvalue weighted by Gasteiger charge is -2.20. The van der Waals surface area contributed by atoms with Gasteiger partial charge >= 0.3 is 0 Å². The average molecular weight is 348 g/mol. The van der Waals surface area contributed by atoms with E-state index in [1.54, 1.807) is 19.3 Å². The first-order chi connectivity index (χ1) is 12.6. The Morgan fingerprint density at radius 2 is 1.69 bits per heavy atom. The van der Waals surface area contributed by atoms with Crippen molar-refractivity contribution < 1.29 is 9.53 Å². The number of nitrogens with zero attached hydrogens (tertiary/aromatic N) is 1. The Morgan fingerprint density at radius 1 is 1.04 bits per heavy atom. The molecule has 132 valence electrons. The van der Waals surface area contributed by atoms with Crippen LogP contribution in [0.1, 0.15) is 22.0 Å². The summed E-state index contributed by atoms with van der Waals surface area (Å²) in [6.07, 6.45) is 1.58. The molecule has 1 N–H and O–H groups in total. The van der Waals surface area contributed by atoms with Crippen molar-refractivity contribution in [2.45, 2.75) is 6.04 Å². The summed E-state index contributed by atoms with van der Waals surface area (Å²) in [4.78, 5) is 24.4. The Bertz CT molecular complexity index is 921. The highest BCUT2D eigenvalue weighted by molar-refractivity contribution is 5.94. The van der Waals surface area contributed by atoms with Crippen LogP contribution in [0.25, 0.3) is 0 Å². The van der Waals surface area contributed by atoms with Crippen LogP contribution in [-0.2, 0) is 7.05 Å². The van der Waals surface area contributed by atoms with E-state index in [-0.39, 0.29) is 24.1 Å². The van der Waals surface area contributed by atoms with E-state index in [9.17, 15) is 9.59 Å². The number of pyridine rings is 1. The Morgan fingerprint density at radius 3 is 2.35 bits per heavy atom. The van der Waals surface area contributed by atoms with Gasteiger partial charge in [0.1, 0.15) is 12.4 Å². The zero-order valence-corrected chi connectivity index (χ0v) is 14.5. The first-order valence-electron chi connectivity index (χ1n) is 8.34. The quantitative estimate of drug-likeness (QED) is 0.745. The number of benzene rings is 2. The van der Waals surface area contributed by atoms with Crippen molar-refractivity contribution in [1.82, 2.24) is 9.88 Å². The third-order valence-corrected chi connectivity index (χ3v) is 4.03. The molecule has 0 aliphatic rings. The van der Waals surface area contributed by atoms with Crippen LogP contribution in [0.4, 0.5) is 0 Å². The second kappa shape index (κ2) is 8.16. The SMILES string of the molecule is Cn1ccc(C(=O)NC(COc2ccccc2)c2ccccc2)cc1=O. The zero-order valence-electron chi connectivity index (χ0n) is 14.5. The maximum Gasteiger partial charge on any atom is 0.252 e. The highest BCUT2D eigenvalue weighted by Gasteiger charge is 2.17. The number of hydrogen-bond acceptors (Lipinski definition) is 3. The minimum atomic E-state index is -0.340. The van der Waals surface area contributed by atoms with E-state index >= 15 is 0 Å². The number of hydrogen-bond donors (Lipinski definition) is 1. The van der Waals surface area contributed by atoms with Crippen LogP contribution in [0.3, 0.4) is 0 Å². The van der Waals surface area contributed by atoms with Gasteiger partial charge in [0.15, 0.2) is 0 Å². The number of para-hydroxylation sites is 1. The molecule has 1 unspecified atom stereocenters. The lowest BCUT2D eigenvalue weighted by atomic mass is 10.1. The van der Waals surface area contributed by atoms with E-state index in [0.717, 1.165) is 11.3 Å². The maximum absolute atomic E-state index is 12.6. The second-order valence-corrected chi connectivity index (χ2v) is 5.93. The highest BCUT2D eigenvalue weighted by atomic mass is 16.5.